The maximum Gasteiger partial charge on any atom is 0.212 e. The second-order valence-electron chi connectivity index (χ2n) is 3.76. The number of hydrogen-bond acceptors (Lipinski definition) is 3. The van der Waals surface area contributed by atoms with Crippen LogP contribution in [-0.4, -0.2) is 11.6 Å². The number of nitrogens with zero attached hydrogens (tertiary/aromatic N) is 1. The van der Waals surface area contributed by atoms with Gasteiger partial charge in [-0.05, 0) is 25.1 Å². The second-order valence-corrected chi connectivity index (χ2v) is 3.76. The molecule has 2 aromatic rings. The van der Waals surface area contributed by atoms with Crippen LogP contribution in [0.2, 0.25) is 0 Å². The highest BCUT2D eigenvalue weighted by Gasteiger charge is 2.02. The second kappa shape index (κ2) is 6.00. The molecule has 1 aromatic carbocycles. The van der Waals surface area contributed by atoms with Crippen LogP contribution in [0.1, 0.15) is 12.5 Å². The fourth-order valence-electron chi connectivity index (χ4n) is 1.62. The SMILES string of the molecule is CCOc1ccccc1CNc1ccc(F)nc1. The molecule has 0 saturated heterocycles. The molecule has 1 aromatic heterocycles. The Balaban J connectivity index is 2.03. The summed E-state index contributed by atoms with van der Waals surface area (Å²) in [5.74, 6) is 0.387. The fourth-order valence-corrected chi connectivity index (χ4v) is 1.62. The molecule has 0 atom stereocenters. The van der Waals surface area contributed by atoms with Gasteiger partial charge in [-0.3, -0.25) is 0 Å². The summed E-state index contributed by atoms with van der Waals surface area (Å²) in [6.07, 6.45) is 1.47. The number of benzene rings is 1. The van der Waals surface area contributed by atoms with E-state index < -0.39 is 5.95 Å². The van der Waals surface area contributed by atoms with Gasteiger partial charge in [-0.1, -0.05) is 18.2 Å². The molecule has 1 heterocycles. The van der Waals surface area contributed by atoms with E-state index in [1.54, 1.807) is 6.07 Å². The summed E-state index contributed by atoms with van der Waals surface area (Å²) >= 11 is 0. The highest BCUT2D eigenvalue weighted by atomic mass is 19.1. The summed E-state index contributed by atoms with van der Waals surface area (Å²) in [7, 11) is 0. The summed E-state index contributed by atoms with van der Waals surface area (Å²) in [6, 6.07) is 10.8. The summed E-state index contributed by atoms with van der Waals surface area (Å²) in [6.45, 7) is 3.20. The molecule has 0 aliphatic heterocycles. The van der Waals surface area contributed by atoms with Gasteiger partial charge in [0.25, 0.3) is 0 Å². The molecular formula is C14H15FN2O. The lowest BCUT2D eigenvalue weighted by atomic mass is 10.2. The van der Waals surface area contributed by atoms with Gasteiger partial charge < -0.3 is 10.1 Å². The molecule has 18 heavy (non-hydrogen) atoms. The lowest BCUT2D eigenvalue weighted by Crippen LogP contribution is -2.03. The van der Waals surface area contributed by atoms with Crippen molar-refractivity contribution in [1.29, 1.82) is 0 Å². The molecule has 0 radical (unpaired) electrons. The van der Waals surface area contributed by atoms with E-state index in [0.717, 1.165) is 17.0 Å². The van der Waals surface area contributed by atoms with Gasteiger partial charge in [0.15, 0.2) is 0 Å². The number of hydrogen-bond donors (Lipinski definition) is 1. The van der Waals surface area contributed by atoms with E-state index in [9.17, 15) is 4.39 Å². The van der Waals surface area contributed by atoms with Crippen molar-refractivity contribution in [2.45, 2.75) is 13.5 Å². The van der Waals surface area contributed by atoms with Gasteiger partial charge in [0.2, 0.25) is 5.95 Å². The predicted octanol–water partition coefficient (Wildman–Crippen LogP) is 3.23. The lowest BCUT2D eigenvalue weighted by molar-refractivity contribution is 0.337. The number of pyridine rings is 1. The minimum Gasteiger partial charge on any atom is -0.494 e. The van der Waals surface area contributed by atoms with E-state index in [4.69, 9.17) is 4.74 Å². The van der Waals surface area contributed by atoms with Crippen molar-refractivity contribution in [2.24, 2.45) is 0 Å². The minimum atomic E-state index is -0.477. The van der Waals surface area contributed by atoms with Crippen molar-refractivity contribution in [1.82, 2.24) is 4.98 Å². The molecule has 3 nitrogen and oxygen atoms in total. The maximum atomic E-state index is 12.7. The van der Waals surface area contributed by atoms with Crippen molar-refractivity contribution < 1.29 is 9.13 Å². The van der Waals surface area contributed by atoms with Crippen LogP contribution in [0.25, 0.3) is 0 Å². The lowest BCUT2D eigenvalue weighted by Gasteiger charge is -2.11. The molecule has 0 saturated carbocycles. The molecule has 1 N–H and O–H groups in total. The zero-order valence-electron chi connectivity index (χ0n) is 10.2. The van der Waals surface area contributed by atoms with E-state index in [-0.39, 0.29) is 0 Å². The van der Waals surface area contributed by atoms with Crippen LogP contribution in [-0.2, 0) is 6.54 Å². The largest absolute Gasteiger partial charge is 0.494 e. The summed E-state index contributed by atoms with van der Waals surface area (Å²) < 4.78 is 18.2. The molecule has 0 amide bonds. The molecule has 0 spiro atoms. The van der Waals surface area contributed by atoms with Gasteiger partial charge in [-0.2, -0.15) is 4.39 Å². The molecule has 2 rings (SSSR count). The monoisotopic (exact) mass is 246 g/mol. The van der Waals surface area contributed by atoms with Crippen molar-refractivity contribution in [3.05, 3.63) is 54.1 Å². The van der Waals surface area contributed by atoms with Crippen LogP contribution < -0.4 is 10.1 Å². The molecule has 0 fully saturated rings. The predicted molar refractivity (Wildman–Crippen MR) is 69.1 cm³/mol. The third kappa shape index (κ3) is 3.20. The first-order chi connectivity index (χ1) is 8.79. The quantitative estimate of drug-likeness (QED) is 0.822. The van der Waals surface area contributed by atoms with Gasteiger partial charge in [0.05, 0.1) is 18.5 Å². The zero-order chi connectivity index (χ0) is 12.8. The van der Waals surface area contributed by atoms with Crippen molar-refractivity contribution in [3.63, 3.8) is 0 Å². The van der Waals surface area contributed by atoms with Gasteiger partial charge >= 0.3 is 0 Å². The van der Waals surface area contributed by atoms with Crippen LogP contribution in [0.5, 0.6) is 5.75 Å². The molecule has 94 valence electrons. The molecule has 0 unspecified atom stereocenters. The molecular weight excluding hydrogens is 231 g/mol. The Kier molecular flexibility index (Phi) is 4.12. The van der Waals surface area contributed by atoms with Crippen LogP contribution in [0.15, 0.2) is 42.6 Å². The van der Waals surface area contributed by atoms with E-state index in [1.165, 1.54) is 12.3 Å². The topological polar surface area (TPSA) is 34.1 Å². The normalized spacial score (nSPS) is 10.1. The highest BCUT2D eigenvalue weighted by Crippen LogP contribution is 2.19. The maximum absolute atomic E-state index is 12.7. The van der Waals surface area contributed by atoms with E-state index in [1.807, 2.05) is 31.2 Å². The van der Waals surface area contributed by atoms with Crippen LogP contribution in [0.4, 0.5) is 10.1 Å². The number of halogens is 1. The van der Waals surface area contributed by atoms with Crippen molar-refractivity contribution in [3.8, 4) is 5.75 Å². The summed E-state index contributed by atoms with van der Waals surface area (Å²) in [5.41, 5.74) is 1.84. The summed E-state index contributed by atoms with van der Waals surface area (Å²) in [4.78, 5) is 3.59. The first-order valence-corrected chi connectivity index (χ1v) is 5.85. The van der Waals surface area contributed by atoms with E-state index >= 15 is 0 Å². The Hall–Kier alpha value is -2.10. The fraction of sp³-hybridized carbons (Fsp3) is 0.214. The average Bonchev–Trinajstić information content (AvgIpc) is 2.40. The van der Waals surface area contributed by atoms with Gasteiger partial charge in [0.1, 0.15) is 5.75 Å². The van der Waals surface area contributed by atoms with E-state index in [0.29, 0.717) is 13.2 Å². The smallest absolute Gasteiger partial charge is 0.212 e. The van der Waals surface area contributed by atoms with Gasteiger partial charge in [0, 0.05) is 12.1 Å². The first-order valence-electron chi connectivity index (χ1n) is 5.85. The van der Waals surface area contributed by atoms with Gasteiger partial charge in [-0.15, -0.1) is 0 Å². The Morgan fingerprint density at radius 1 is 1.22 bits per heavy atom. The zero-order valence-corrected chi connectivity index (χ0v) is 10.2. The summed E-state index contributed by atoms with van der Waals surface area (Å²) in [5, 5.41) is 3.18. The number of rotatable bonds is 5. The molecule has 0 aliphatic carbocycles. The van der Waals surface area contributed by atoms with Gasteiger partial charge in [-0.25, -0.2) is 4.98 Å². The van der Waals surface area contributed by atoms with Crippen LogP contribution in [0, 0.1) is 5.95 Å². The van der Waals surface area contributed by atoms with Crippen LogP contribution in [0.3, 0.4) is 0 Å². The number of para-hydroxylation sites is 1. The van der Waals surface area contributed by atoms with Crippen molar-refractivity contribution >= 4 is 5.69 Å². The molecule has 0 bridgehead atoms. The molecule has 4 heteroatoms. The number of ether oxygens (including phenoxy) is 1. The Labute approximate surface area is 106 Å². The Morgan fingerprint density at radius 3 is 2.78 bits per heavy atom. The Bertz CT molecular complexity index is 499. The van der Waals surface area contributed by atoms with Crippen molar-refractivity contribution in [2.75, 3.05) is 11.9 Å². The standard InChI is InChI=1S/C14H15FN2O/c1-2-18-13-6-4-3-5-11(13)9-16-12-7-8-14(15)17-10-12/h3-8,10,16H,2,9H2,1H3. The average molecular weight is 246 g/mol. The molecule has 0 aliphatic rings. The van der Waals surface area contributed by atoms with E-state index in [2.05, 4.69) is 10.3 Å². The first kappa shape index (κ1) is 12.4. The minimum absolute atomic E-state index is 0.477. The third-order valence-electron chi connectivity index (χ3n) is 2.48. The Morgan fingerprint density at radius 2 is 2.06 bits per heavy atom. The number of aromatic nitrogens is 1. The number of anilines is 1. The third-order valence-corrected chi connectivity index (χ3v) is 2.48. The highest BCUT2D eigenvalue weighted by molar-refractivity contribution is 5.43. The number of nitrogens with one attached hydrogen (secondary N) is 1. The van der Waals surface area contributed by atoms with Crippen LogP contribution >= 0.6 is 0 Å².